The summed E-state index contributed by atoms with van der Waals surface area (Å²) in [6.45, 7) is -2.08. The molecule has 0 aromatic heterocycles. The van der Waals surface area contributed by atoms with Gasteiger partial charge in [-0.3, -0.25) is 0 Å². The van der Waals surface area contributed by atoms with Crippen molar-refractivity contribution < 1.29 is 35.1 Å². The zero-order chi connectivity index (χ0) is 18.7. The lowest BCUT2D eigenvalue weighted by Gasteiger charge is -2.25. The van der Waals surface area contributed by atoms with Gasteiger partial charge in [0, 0.05) is 6.54 Å². The predicted molar refractivity (Wildman–Crippen MR) is 77.7 cm³/mol. The molecule has 0 aliphatic rings. The standard InChI is InChI=1S/C13H15ClF5NO3S/c1-8(2)6-20(7-13(17,18)19)24(21,22)9-3-4-11(10(14)5-9)23-12(15)16/h3-5,8,12H,6-7H2,1-2H3. The fourth-order valence-electron chi connectivity index (χ4n) is 1.84. The first kappa shape index (κ1) is 20.9. The van der Waals surface area contributed by atoms with E-state index in [-0.39, 0.29) is 16.8 Å². The van der Waals surface area contributed by atoms with E-state index in [9.17, 15) is 30.4 Å². The predicted octanol–water partition coefficient (Wildman–Crippen LogP) is 4.15. The lowest BCUT2D eigenvalue weighted by atomic mass is 10.2. The van der Waals surface area contributed by atoms with Crippen LogP contribution in [-0.4, -0.2) is 38.6 Å². The van der Waals surface area contributed by atoms with Gasteiger partial charge in [0.05, 0.1) is 9.92 Å². The van der Waals surface area contributed by atoms with E-state index in [1.54, 1.807) is 13.8 Å². The Morgan fingerprint density at radius 2 is 1.83 bits per heavy atom. The van der Waals surface area contributed by atoms with E-state index in [2.05, 4.69) is 4.74 Å². The Labute approximate surface area is 141 Å². The summed E-state index contributed by atoms with van der Waals surface area (Å²) in [5, 5.41) is -0.451. The van der Waals surface area contributed by atoms with Gasteiger partial charge < -0.3 is 4.74 Å². The largest absolute Gasteiger partial charge is 0.433 e. The van der Waals surface area contributed by atoms with Crippen molar-refractivity contribution in [3.8, 4) is 5.75 Å². The highest BCUT2D eigenvalue weighted by Gasteiger charge is 2.37. The molecule has 0 radical (unpaired) electrons. The molecule has 0 atom stereocenters. The molecule has 11 heteroatoms. The normalized spacial score (nSPS) is 13.1. The molecule has 0 bridgehead atoms. The van der Waals surface area contributed by atoms with E-state index in [4.69, 9.17) is 11.6 Å². The van der Waals surface area contributed by atoms with Crippen LogP contribution >= 0.6 is 11.6 Å². The molecule has 0 aliphatic heterocycles. The van der Waals surface area contributed by atoms with Crippen molar-refractivity contribution in [1.82, 2.24) is 4.31 Å². The van der Waals surface area contributed by atoms with E-state index >= 15 is 0 Å². The lowest BCUT2D eigenvalue weighted by Crippen LogP contribution is -2.41. The van der Waals surface area contributed by atoms with Gasteiger partial charge in [-0.05, 0) is 24.1 Å². The van der Waals surface area contributed by atoms with Crippen LogP contribution < -0.4 is 4.74 Å². The molecule has 0 fully saturated rings. The molecular formula is C13H15ClF5NO3S. The average molecular weight is 396 g/mol. The van der Waals surface area contributed by atoms with Gasteiger partial charge in [-0.2, -0.15) is 26.3 Å². The minimum absolute atomic E-state index is 0.275. The minimum atomic E-state index is -4.73. The van der Waals surface area contributed by atoms with Gasteiger partial charge in [0.2, 0.25) is 10.0 Å². The highest BCUT2D eigenvalue weighted by molar-refractivity contribution is 7.89. The Hall–Kier alpha value is -1.13. The molecule has 138 valence electrons. The third-order valence-electron chi connectivity index (χ3n) is 2.68. The third-order valence-corrected chi connectivity index (χ3v) is 4.78. The molecule has 0 heterocycles. The van der Waals surface area contributed by atoms with E-state index in [1.807, 2.05) is 0 Å². The first-order valence-corrected chi connectivity index (χ1v) is 8.46. The van der Waals surface area contributed by atoms with Crippen LogP contribution in [0, 0.1) is 5.92 Å². The molecule has 0 aliphatic carbocycles. The first-order valence-electron chi connectivity index (χ1n) is 6.64. The van der Waals surface area contributed by atoms with Crippen molar-refractivity contribution in [3.63, 3.8) is 0 Å². The highest BCUT2D eigenvalue weighted by Crippen LogP contribution is 2.31. The van der Waals surface area contributed by atoms with Crippen molar-refractivity contribution in [1.29, 1.82) is 0 Å². The second-order valence-electron chi connectivity index (χ2n) is 5.28. The second-order valence-corrected chi connectivity index (χ2v) is 7.62. The molecule has 0 saturated carbocycles. The van der Waals surface area contributed by atoms with Crippen molar-refractivity contribution >= 4 is 21.6 Å². The zero-order valence-electron chi connectivity index (χ0n) is 12.6. The number of sulfonamides is 1. The van der Waals surface area contributed by atoms with Gasteiger partial charge in [-0.25, -0.2) is 8.42 Å². The van der Waals surface area contributed by atoms with E-state index < -0.39 is 45.0 Å². The number of nitrogens with zero attached hydrogens (tertiary/aromatic N) is 1. The van der Waals surface area contributed by atoms with Gasteiger partial charge in [0.25, 0.3) is 0 Å². The van der Waals surface area contributed by atoms with E-state index in [0.717, 1.165) is 18.2 Å². The number of benzene rings is 1. The maximum Gasteiger partial charge on any atom is 0.402 e. The summed E-state index contributed by atoms with van der Waals surface area (Å²) in [5.74, 6) is -0.837. The molecule has 0 amide bonds. The quantitative estimate of drug-likeness (QED) is 0.651. The minimum Gasteiger partial charge on any atom is -0.433 e. The molecule has 0 N–H and O–H groups in total. The Morgan fingerprint density at radius 3 is 2.25 bits per heavy atom. The number of alkyl halides is 5. The summed E-state index contributed by atoms with van der Waals surface area (Å²) >= 11 is 5.66. The molecule has 1 aromatic rings. The van der Waals surface area contributed by atoms with Crippen LogP contribution in [0.2, 0.25) is 5.02 Å². The topological polar surface area (TPSA) is 46.6 Å². The van der Waals surface area contributed by atoms with Crippen LogP contribution in [0.15, 0.2) is 23.1 Å². The van der Waals surface area contributed by atoms with Gasteiger partial charge in [-0.15, -0.1) is 0 Å². The molecule has 4 nitrogen and oxygen atoms in total. The van der Waals surface area contributed by atoms with Gasteiger partial charge in [0.1, 0.15) is 12.3 Å². The SMILES string of the molecule is CC(C)CN(CC(F)(F)F)S(=O)(=O)c1ccc(OC(F)F)c(Cl)c1. The van der Waals surface area contributed by atoms with Crippen LogP contribution in [0.4, 0.5) is 22.0 Å². The Balaban J connectivity index is 3.21. The molecule has 1 rings (SSSR count). The van der Waals surface area contributed by atoms with Crippen molar-refractivity contribution in [3.05, 3.63) is 23.2 Å². The summed E-state index contributed by atoms with van der Waals surface area (Å²) in [4.78, 5) is -0.543. The lowest BCUT2D eigenvalue weighted by molar-refractivity contribution is -0.136. The van der Waals surface area contributed by atoms with Crippen LogP contribution in [0.1, 0.15) is 13.8 Å². The second kappa shape index (κ2) is 7.83. The van der Waals surface area contributed by atoms with Crippen molar-refractivity contribution in [2.24, 2.45) is 5.92 Å². The molecule has 0 saturated heterocycles. The summed E-state index contributed by atoms with van der Waals surface area (Å²) in [6.07, 6.45) is -4.73. The van der Waals surface area contributed by atoms with Gasteiger partial charge in [0.15, 0.2) is 0 Å². The molecule has 0 unspecified atom stereocenters. The third kappa shape index (κ3) is 6.06. The molecule has 24 heavy (non-hydrogen) atoms. The maximum atomic E-state index is 12.7. The monoisotopic (exact) mass is 395 g/mol. The Kier molecular flexibility index (Phi) is 6.83. The summed E-state index contributed by atoms with van der Waals surface area (Å²) in [5.41, 5.74) is 0. The number of hydrogen-bond donors (Lipinski definition) is 0. The summed E-state index contributed by atoms with van der Waals surface area (Å²) in [6, 6.07) is 2.50. The van der Waals surface area contributed by atoms with Crippen LogP contribution in [0.25, 0.3) is 0 Å². The fourth-order valence-corrected chi connectivity index (χ4v) is 3.74. The Morgan fingerprint density at radius 1 is 1.25 bits per heavy atom. The first-order chi connectivity index (χ1) is 10.8. The molecule has 1 aromatic carbocycles. The van der Waals surface area contributed by atoms with E-state index in [1.165, 1.54) is 0 Å². The maximum absolute atomic E-state index is 12.7. The summed E-state index contributed by atoms with van der Waals surface area (Å²) in [7, 11) is -4.51. The van der Waals surface area contributed by atoms with Gasteiger partial charge in [-0.1, -0.05) is 25.4 Å². The number of hydrogen-bond acceptors (Lipinski definition) is 3. The summed E-state index contributed by atoms with van der Waals surface area (Å²) < 4.78 is 91.4. The van der Waals surface area contributed by atoms with E-state index in [0.29, 0.717) is 0 Å². The fraction of sp³-hybridized carbons (Fsp3) is 0.538. The van der Waals surface area contributed by atoms with Crippen LogP contribution in [0.3, 0.4) is 0 Å². The molecule has 0 spiro atoms. The molecular weight excluding hydrogens is 381 g/mol. The average Bonchev–Trinajstić information content (AvgIpc) is 2.37. The number of rotatable bonds is 7. The Bertz CT molecular complexity index is 664. The zero-order valence-corrected chi connectivity index (χ0v) is 14.2. The van der Waals surface area contributed by atoms with Crippen LogP contribution in [-0.2, 0) is 10.0 Å². The van der Waals surface area contributed by atoms with Gasteiger partial charge >= 0.3 is 12.8 Å². The smallest absolute Gasteiger partial charge is 0.402 e. The van der Waals surface area contributed by atoms with Crippen LogP contribution in [0.5, 0.6) is 5.75 Å². The van der Waals surface area contributed by atoms with Crippen molar-refractivity contribution in [2.75, 3.05) is 13.1 Å². The highest BCUT2D eigenvalue weighted by atomic mass is 35.5. The number of halogens is 6. The van der Waals surface area contributed by atoms with Crippen molar-refractivity contribution in [2.45, 2.75) is 31.5 Å². The number of ether oxygens (including phenoxy) is 1.